The van der Waals surface area contributed by atoms with E-state index in [4.69, 9.17) is 10.5 Å². The number of methoxy groups -OCH3 is 1. The van der Waals surface area contributed by atoms with Crippen LogP contribution in [-0.4, -0.2) is 7.11 Å². The monoisotopic (exact) mass is 213 g/mol. The fourth-order valence-electron chi connectivity index (χ4n) is 1.93. The highest BCUT2D eigenvalue weighted by Crippen LogP contribution is 2.44. The Morgan fingerprint density at radius 2 is 2.20 bits per heavy atom. The first-order valence-corrected chi connectivity index (χ1v) is 4.86. The van der Waals surface area contributed by atoms with E-state index in [9.17, 15) is 8.78 Å². The second-order valence-electron chi connectivity index (χ2n) is 3.80. The van der Waals surface area contributed by atoms with Crippen molar-refractivity contribution < 1.29 is 13.5 Å². The van der Waals surface area contributed by atoms with E-state index < -0.39 is 5.92 Å². The van der Waals surface area contributed by atoms with Crippen LogP contribution in [0.2, 0.25) is 0 Å². The minimum absolute atomic E-state index is 0.0144. The molecule has 0 bridgehead atoms. The Bertz CT molecular complexity index is 379. The van der Waals surface area contributed by atoms with Crippen molar-refractivity contribution in [3.05, 3.63) is 29.3 Å². The molecule has 1 atom stereocenters. The molecular weight excluding hydrogens is 200 g/mol. The lowest BCUT2D eigenvalue weighted by Gasteiger charge is -2.29. The molecule has 2 rings (SSSR count). The molecule has 0 fully saturated rings. The number of alkyl halides is 2. The number of fused-ring (bicyclic) bond motifs is 1. The normalized spacial score (nSPS) is 23.3. The van der Waals surface area contributed by atoms with E-state index in [1.54, 1.807) is 12.1 Å². The lowest BCUT2D eigenvalue weighted by atomic mass is 9.85. The van der Waals surface area contributed by atoms with Gasteiger partial charge in [-0.1, -0.05) is 6.07 Å². The Labute approximate surface area is 87.0 Å². The molecule has 0 aliphatic heterocycles. The second kappa shape index (κ2) is 3.45. The van der Waals surface area contributed by atoms with Crippen molar-refractivity contribution in [3.63, 3.8) is 0 Å². The summed E-state index contributed by atoms with van der Waals surface area (Å²) in [7, 11) is 1.46. The predicted molar refractivity (Wildman–Crippen MR) is 53.1 cm³/mol. The van der Waals surface area contributed by atoms with Gasteiger partial charge in [-0.3, -0.25) is 0 Å². The zero-order chi connectivity index (χ0) is 11.1. The molecule has 0 spiro atoms. The third-order valence-corrected chi connectivity index (χ3v) is 2.82. The topological polar surface area (TPSA) is 35.2 Å². The largest absolute Gasteiger partial charge is 0.497 e. The van der Waals surface area contributed by atoms with Gasteiger partial charge < -0.3 is 10.5 Å². The summed E-state index contributed by atoms with van der Waals surface area (Å²) < 4.78 is 32.1. The van der Waals surface area contributed by atoms with E-state index in [0.717, 1.165) is 0 Å². The molecule has 2 N–H and O–H groups in total. The summed E-state index contributed by atoms with van der Waals surface area (Å²) in [5, 5.41) is 0. The van der Waals surface area contributed by atoms with E-state index in [1.807, 2.05) is 0 Å². The van der Waals surface area contributed by atoms with Gasteiger partial charge in [0.25, 0.3) is 5.92 Å². The molecule has 0 saturated heterocycles. The van der Waals surface area contributed by atoms with Crippen LogP contribution in [0.3, 0.4) is 0 Å². The van der Waals surface area contributed by atoms with Crippen molar-refractivity contribution in [2.24, 2.45) is 5.73 Å². The van der Waals surface area contributed by atoms with Gasteiger partial charge >= 0.3 is 0 Å². The summed E-state index contributed by atoms with van der Waals surface area (Å²) in [5.74, 6) is -2.33. The molecule has 1 aliphatic rings. The molecule has 1 aromatic carbocycles. The molecule has 1 unspecified atom stereocenters. The Balaban J connectivity index is 2.53. The molecular formula is C11H13F2NO. The average molecular weight is 213 g/mol. The van der Waals surface area contributed by atoms with Gasteiger partial charge in [0, 0.05) is 18.0 Å². The van der Waals surface area contributed by atoms with Crippen LogP contribution in [0, 0.1) is 0 Å². The third kappa shape index (κ3) is 1.69. The summed E-state index contributed by atoms with van der Waals surface area (Å²) in [4.78, 5) is 0. The van der Waals surface area contributed by atoms with E-state index in [-0.39, 0.29) is 18.0 Å². The third-order valence-electron chi connectivity index (χ3n) is 2.82. The zero-order valence-electron chi connectivity index (χ0n) is 8.47. The van der Waals surface area contributed by atoms with Crippen LogP contribution in [0.5, 0.6) is 5.75 Å². The van der Waals surface area contributed by atoms with Crippen LogP contribution in [-0.2, 0) is 5.92 Å². The number of hydrogen-bond acceptors (Lipinski definition) is 2. The molecule has 1 aromatic rings. The van der Waals surface area contributed by atoms with Crippen molar-refractivity contribution in [3.8, 4) is 5.75 Å². The number of hydrogen-bond donors (Lipinski definition) is 1. The summed E-state index contributed by atoms with van der Waals surface area (Å²) in [5.41, 5.74) is 6.33. The van der Waals surface area contributed by atoms with E-state index in [2.05, 4.69) is 0 Å². The van der Waals surface area contributed by atoms with Crippen molar-refractivity contribution in [1.82, 2.24) is 0 Å². The molecule has 82 valence electrons. The fourth-order valence-corrected chi connectivity index (χ4v) is 1.93. The zero-order valence-corrected chi connectivity index (χ0v) is 8.47. The van der Waals surface area contributed by atoms with Crippen LogP contribution in [0.4, 0.5) is 8.78 Å². The van der Waals surface area contributed by atoms with Crippen LogP contribution in [0.15, 0.2) is 18.2 Å². The Morgan fingerprint density at radius 1 is 1.47 bits per heavy atom. The first-order valence-electron chi connectivity index (χ1n) is 4.86. The summed E-state index contributed by atoms with van der Waals surface area (Å²) in [6.45, 7) is 0. The highest BCUT2D eigenvalue weighted by Gasteiger charge is 2.39. The highest BCUT2D eigenvalue weighted by molar-refractivity contribution is 5.41. The van der Waals surface area contributed by atoms with E-state index in [0.29, 0.717) is 17.7 Å². The molecule has 0 aromatic heterocycles. The lowest BCUT2D eigenvalue weighted by molar-refractivity contribution is -0.0252. The van der Waals surface area contributed by atoms with Gasteiger partial charge in [-0.2, -0.15) is 0 Å². The molecule has 4 heteroatoms. The minimum atomic E-state index is -2.78. The second-order valence-corrected chi connectivity index (χ2v) is 3.80. The van der Waals surface area contributed by atoms with E-state index >= 15 is 0 Å². The lowest BCUT2D eigenvalue weighted by Crippen LogP contribution is -2.27. The highest BCUT2D eigenvalue weighted by atomic mass is 19.3. The Morgan fingerprint density at radius 3 is 2.87 bits per heavy atom. The summed E-state index contributed by atoms with van der Waals surface area (Å²) in [6, 6.07) is 4.39. The quantitative estimate of drug-likeness (QED) is 0.778. The van der Waals surface area contributed by atoms with Gasteiger partial charge in [-0.15, -0.1) is 0 Å². The SMILES string of the molecule is COc1ccc2c(c1)C(F)(F)CCC2N. The maximum absolute atomic E-state index is 13.6. The first kappa shape index (κ1) is 10.4. The Hall–Kier alpha value is -1.16. The van der Waals surface area contributed by atoms with Gasteiger partial charge in [0.05, 0.1) is 7.11 Å². The standard InChI is InChI=1S/C11H13F2NO/c1-15-7-2-3-8-9(6-7)11(12,13)5-4-10(8)14/h2-3,6,10H,4-5,14H2,1H3. The summed E-state index contributed by atoms with van der Waals surface area (Å²) in [6.07, 6.45) is 0.140. The fraction of sp³-hybridized carbons (Fsp3) is 0.455. The number of ether oxygens (including phenoxy) is 1. The first-order chi connectivity index (χ1) is 7.04. The van der Waals surface area contributed by atoms with Gasteiger partial charge in [0.15, 0.2) is 0 Å². The maximum Gasteiger partial charge on any atom is 0.273 e. The molecule has 15 heavy (non-hydrogen) atoms. The summed E-state index contributed by atoms with van der Waals surface area (Å²) >= 11 is 0. The number of halogens is 2. The number of benzene rings is 1. The van der Waals surface area contributed by atoms with Gasteiger partial charge in [0.1, 0.15) is 5.75 Å². The van der Waals surface area contributed by atoms with E-state index in [1.165, 1.54) is 13.2 Å². The molecule has 0 heterocycles. The minimum Gasteiger partial charge on any atom is -0.497 e. The van der Waals surface area contributed by atoms with Crippen molar-refractivity contribution in [2.45, 2.75) is 24.8 Å². The molecule has 2 nitrogen and oxygen atoms in total. The number of rotatable bonds is 1. The van der Waals surface area contributed by atoms with Crippen LogP contribution in [0.25, 0.3) is 0 Å². The van der Waals surface area contributed by atoms with Crippen molar-refractivity contribution in [1.29, 1.82) is 0 Å². The maximum atomic E-state index is 13.6. The average Bonchev–Trinajstić information content (AvgIpc) is 2.24. The molecule has 0 amide bonds. The van der Waals surface area contributed by atoms with Crippen molar-refractivity contribution in [2.75, 3.05) is 7.11 Å². The van der Waals surface area contributed by atoms with Gasteiger partial charge in [-0.05, 0) is 24.1 Å². The van der Waals surface area contributed by atoms with Gasteiger partial charge in [0.2, 0.25) is 0 Å². The predicted octanol–water partition coefficient (Wildman–Crippen LogP) is 2.58. The molecule has 0 radical (unpaired) electrons. The van der Waals surface area contributed by atoms with Crippen LogP contribution >= 0.6 is 0 Å². The molecule has 0 saturated carbocycles. The van der Waals surface area contributed by atoms with Gasteiger partial charge in [-0.25, -0.2) is 8.78 Å². The van der Waals surface area contributed by atoms with Crippen molar-refractivity contribution >= 4 is 0 Å². The Kier molecular flexibility index (Phi) is 2.38. The van der Waals surface area contributed by atoms with Crippen LogP contribution in [0.1, 0.15) is 30.0 Å². The smallest absolute Gasteiger partial charge is 0.273 e. The van der Waals surface area contributed by atoms with Crippen LogP contribution < -0.4 is 10.5 Å². The molecule has 1 aliphatic carbocycles. The number of nitrogens with two attached hydrogens (primary N) is 1.